The van der Waals surface area contributed by atoms with Gasteiger partial charge in [0.15, 0.2) is 0 Å². The topological polar surface area (TPSA) is 54.4 Å². The Labute approximate surface area is 216 Å². The van der Waals surface area contributed by atoms with Crippen LogP contribution in [0, 0.1) is 0 Å². The molecule has 0 unspecified atom stereocenters. The van der Waals surface area contributed by atoms with Gasteiger partial charge in [0.2, 0.25) is 0 Å². The van der Waals surface area contributed by atoms with Crippen molar-refractivity contribution in [1.82, 2.24) is 0 Å². The molecule has 0 amide bonds. The van der Waals surface area contributed by atoms with E-state index in [0.717, 1.165) is 37.2 Å². The molecular weight excluding hydrogens is 540 g/mol. The zero-order valence-corrected chi connectivity index (χ0v) is 20.9. The molecule has 0 heterocycles. The summed E-state index contributed by atoms with van der Waals surface area (Å²) in [7, 11) is -4.43. The van der Waals surface area contributed by atoms with Crippen LogP contribution in [-0.4, -0.2) is 13.0 Å². The summed E-state index contributed by atoms with van der Waals surface area (Å²) in [4.78, 5) is 0.371. The maximum atomic E-state index is 12.0. The standard InChI is InChI=1S/C18H12Cl2S.C7H5F3O3S/c19-14-8-4-12(5-9-14)16-2-1-3-17(21)18(16)13-6-10-15(20)11-7-13;8-7(9,10)5-1-3-6(4-2-5)14(11,12)13/h1-11,21H;1-4H,(H,11,12,13). The van der Waals surface area contributed by atoms with Crippen LogP contribution in [0.4, 0.5) is 13.2 Å². The molecular formula is C25H17Cl2F3O3S2. The summed E-state index contributed by atoms with van der Waals surface area (Å²) in [5, 5.41) is 1.46. The van der Waals surface area contributed by atoms with Crippen LogP contribution in [0.2, 0.25) is 10.0 Å². The molecule has 0 spiro atoms. The summed E-state index contributed by atoms with van der Waals surface area (Å²) in [6, 6.07) is 24.3. The molecule has 0 saturated carbocycles. The van der Waals surface area contributed by atoms with E-state index in [9.17, 15) is 21.6 Å². The molecule has 10 heteroatoms. The maximum absolute atomic E-state index is 12.0. The van der Waals surface area contributed by atoms with Crippen LogP contribution in [0.5, 0.6) is 0 Å². The largest absolute Gasteiger partial charge is 0.416 e. The van der Waals surface area contributed by atoms with Gasteiger partial charge in [-0.05, 0) is 71.3 Å². The minimum Gasteiger partial charge on any atom is -0.282 e. The van der Waals surface area contributed by atoms with Crippen molar-refractivity contribution in [3.05, 3.63) is 107 Å². The van der Waals surface area contributed by atoms with Gasteiger partial charge in [0.05, 0.1) is 10.5 Å². The first-order valence-electron chi connectivity index (χ1n) is 9.85. The summed E-state index contributed by atoms with van der Waals surface area (Å²) in [6.45, 7) is 0. The molecule has 0 fully saturated rings. The number of alkyl halides is 3. The van der Waals surface area contributed by atoms with Gasteiger partial charge in [0, 0.05) is 20.5 Å². The number of halogens is 5. The number of benzene rings is 4. The van der Waals surface area contributed by atoms with Gasteiger partial charge in [-0.25, -0.2) is 0 Å². The normalized spacial score (nSPS) is 11.5. The van der Waals surface area contributed by atoms with E-state index in [1.165, 1.54) is 0 Å². The van der Waals surface area contributed by atoms with Gasteiger partial charge < -0.3 is 0 Å². The number of rotatable bonds is 3. The van der Waals surface area contributed by atoms with Crippen LogP contribution in [0.25, 0.3) is 22.3 Å². The average Bonchev–Trinajstić information content (AvgIpc) is 2.80. The molecule has 0 atom stereocenters. The Bertz CT molecular complexity index is 1400. The fourth-order valence-corrected chi connectivity index (χ4v) is 4.21. The molecule has 4 rings (SSSR count). The van der Waals surface area contributed by atoms with Gasteiger partial charge >= 0.3 is 6.18 Å². The predicted molar refractivity (Wildman–Crippen MR) is 136 cm³/mol. The second kappa shape index (κ2) is 11.1. The van der Waals surface area contributed by atoms with E-state index < -0.39 is 26.8 Å². The number of hydrogen-bond donors (Lipinski definition) is 2. The molecule has 0 radical (unpaired) electrons. The quantitative estimate of drug-likeness (QED) is 0.196. The SMILES string of the molecule is O=S(=O)(O)c1ccc(C(F)(F)F)cc1.Sc1cccc(-c2ccc(Cl)cc2)c1-c1ccc(Cl)cc1. The molecule has 4 aromatic rings. The highest BCUT2D eigenvalue weighted by molar-refractivity contribution is 7.85. The van der Waals surface area contributed by atoms with E-state index in [0.29, 0.717) is 24.3 Å². The number of hydrogen-bond acceptors (Lipinski definition) is 3. The lowest BCUT2D eigenvalue weighted by Crippen LogP contribution is -2.05. The van der Waals surface area contributed by atoms with Crippen LogP contribution >= 0.6 is 35.8 Å². The predicted octanol–water partition coefficient (Wildman–Crippen LogP) is 8.57. The molecule has 0 aliphatic rings. The Morgan fingerprint density at radius 2 is 1.20 bits per heavy atom. The highest BCUT2D eigenvalue weighted by Gasteiger charge is 2.30. The first kappa shape index (κ1) is 27.1. The Morgan fingerprint density at radius 1 is 0.714 bits per heavy atom. The van der Waals surface area contributed by atoms with E-state index in [1.54, 1.807) is 0 Å². The third-order valence-corrected chi connectivity index (χ3v) is 6.55. The maximum Gasteiger partial charge on any atom is 0.416 e. The van der Waals surface area contributed by atoms with Crippen LogP contribution in [0.15, 0.2) is 101 Å². The molecule has 35 heavy (non-hydrogen) atoms. The van der Waals surface area contributed by atoms with E-state index in [4.69, 9.17) is 27.8 Å². The van der Waals surface area contributed by atoms with Crippen LogP contribution in [0.1, 0.15) is 5.56 Å². The number of thiol groups is 1. The third-order valence-electron chi connectivity index (χ3n) is 4.81. The monoisotopic (exact) mass is 556 g/mol. The zero-order valence-electron chi connectivity index (χ0n) is 17.7. The fourth-order valence-electron chi connectivity index (χ4n) is 3.15. The highest BCUT2D eigenvalue weighted by Crippen LogP contribution is 2.37. The Balaban J connectivity index is 0.000000214. The van der Waals surface area contributed by atoms with Gasteiger partial charge in [-0.2, -0.15) is 21.6 Å². The van der Waals surface area contributed by atoms with Gasteiger partial charge in [-0.1, -0.05) is 59.6 Å². The van der Waals surface area contributed by atoms with E-state index in [2.05, 4.69) is 18.7 Å². The smallest absolute Gasteiger partial charge is 0.282 e. The van der Waals surface area contributed by atoms with E-state index >= 15 is 0 Å². The van der Waals surface area contributed by atoms with E-state index in [1.807, 2.05) is 60.7 Å². The van der Waals surface area contributed by atoms with Crippen molar-refractivity contribution in [3.8, 4) is 22.3 Å². The minimum absolute atomic E-state index is 0.564. The van der Waals surface area contributed by atoms with Crippen molar-refractivity contribution in [2.45, 2.75) is 16.0 Å². The molecule has 0 aliphatic carbocycles. The molecule has 4 aromatic carbocycles. The van der Waals surface area contributed by atoms with Crippen molar-refractivity contribution in [3.63, 3.8) is 0 Å². The highest BCUT2D eigenvalue weighted by atomic mass is 35.5. The molecule has 0 bridgehead atoms. The summed E-state index contributed by atoms with van der Waals surface area (Å²) in [5.41, 5.74) is 3.46. The first-order chi connectivity index (χ1) is 16.4. The van der Waals surface area contributed by atoms with Crippen LogP contribution in [0.3, 0.4) is 0 Å². The lowest BCUT2D eigenvalue weighted by atomic mass is 9.94. The van der Waals surface area contributed by atoms with Gasteiger partial charge in [0.25, 0.3) is 10.1 Å². The van der Waals surface area contributed by atoms with Gasteiger partial charge in [-0.15, -0.1) is 12.6 Å². The van der Waals surface area contributed by atoms with Gasteiger partial charge in [-0.3, -0.25) is 4.55 Å². The zero-order chi connectivity index (χ0) is 25.8. The molecule has 0 aliphatic heterocycles. The van der Waals surface area contributed by atoms with Crippen molar-refractivity contribution in [1.29, 1.82) is 0 Å². The van der Waals surface area contributed by atoms with Crippen LogP contribution in [-0.2, 0) is 16.3 Å². The lowest BCUT2D eigenvalue weighted by Gasteiger charge is -2.13. The van der Waals surface area contributed by atoms with Crippen molar-refractivity contribution >= 4 is 45.9 Å². The fraction of sp³-hybridized carbons (Fsp3) is 0.0400. The molecule has 1 N–H and O–H groups in total. The molecule has 182 valence electrons. The average molecular weight is 557 g/mol. The van der Waals surface area contributed by atoms with Gasteiger partial charge in [0.1, 0.15) is 0 Å². The first-order valence-corrected chi connectivity index (χ1v) is 12.5. The second-order valence-electron chi connectivity index (χ2n) is 7.21. The summed E-state index contributed by atoms with van der Waals surface area (Å²) in [5.74, 6) is 0. The molecule has 3 nitrogen and oxygen atoms in total. The Hall–Kier alpha value is -2.49. The summed E-state index contributed by atoms with van der Waals surface area (Å²) < 4.78 is 65.4. The van der Waals surface area contributed by atoms with Crippen molar-refractivity contribution < 1.29 is 26.1 Å². The minimum atomic E-state index is -4.52. The van der Waals surface area contributed by atoms with Crippen molar-refractivity contribution in [2.75, 3.05) is 0 Å². The van der Waals surface area contributed by atoms with E-state index in [-0.39, 0.29) is 0 Å². The summed E-state index contributed by atoms with van der Waals surface area (Å²) in [6.07, 6.45) is -4.52. The lowest BCUT2D eigenvalue weighted by molar-refractivity contribution is -0.137. The third kappa shape index (κ3) is 7.25. The van der Waals surface area contributed by atoms with Crippen LogP contribution < -0.4 is 0 Å². The molecule has 0 saturated heterocycles. The second-order valence-corrected chi connectivity index (χ2v) is 9.99. The Kier molecular flexibility index (Phi) is 8.56. The van der Waals surface area contributed by atoms with Crippen molar-refractivity contribution in [2.24, 2.45) is 0 Å². The summed E-state index contributed by atoms with van der Waals surface area (Å²) >= 11 is 16.6. The molecule has 0 aromatic heterocycles. The Morgan fingerprint density at radius 3 is 1.66 bits per heavy atom.